The average molecular weight is 280 g/mol. The molecule has 1 aliphatic carbocycles. The minimum Gasteiger partial charge on any atom is -0.497 e. The summed E-state index contributed by atoms with van der Waals surface area (Å²) >= 11 is 0. The highest BCUT2D eigenvalue weighted by Gasteiger charge is 2.26. The topological polar surface area (TPSA) is 55.7 Å². The fourth-order valence-electron chi connectivity index (χ4n) is 2.50. The van der Waals surface area contributed by atoms with Crippen LogP contribution in [0.3, 0.4) is 0 Å². The van der Waals surface area contributed by atoms with Gasteiger partial charge in [-0.15, -0.1) is 0 Å². The largest absolute Gasteiger partial charge is 0.497 e. The molecule has 4 rings (SSSR count). The smallest absolute Gasteiger partial charge is 0.175 e. The van der Waals surface area contributed by atoms with Gasteiger partial charge in [0.15, 0.2) is 5.82 Å². The maximum atomic E-state index is 5.20. The summed E-state index contributed by atoms with van der Waals surface area (Å²) in [7, 11) is 1.67. The van der Waals surface area contributed by atoms with Crippen LogP contribution in [0.15, 0.2) is 42.6 Å². The minimum atomic E-state index is 0.659. The second-order valence-corrected chi connectivity index (χ2v) is 5.31. The fraction of sp³-hybridized carbons (Fsp3) is 0.250. The highest BCUT2D eigenvalue weighted by molar-refractivity contribution is 5.62. The van der Waals surface area contributed by atoms with E-state index >= 15 is 0 Å². The molecule has 0 saturated heterocycles. The van der Waals surface area contributed by atoms with Crippen LogP contribution in [-0.4, -0.2) is 27.1 Å². The normalized spacial score (nSPS) is 14.3. The van der Waals surface area contributed by atoms with E-state index in [0.717, 1.165) is 22.8 Å². The van der Waals surface area contributed by atoms with E-state index in [4.69, 9.17) is 4.74 Å². The second kappa shape index (κ2) is 4.77. The molecule has 1 saturated carbocycles. The van der Waals surface area contributed by atoms with E-state index in [1.807, 2.05) is 35.0 Å². The van der Waals surface area contributed by atoms with Gasteiger partial charge in [0, 0.05) is 23.2 Å². The number of benzene rings is 1. The predicted octanol–water partition coefficient (Wildman–Crippen LogP) is 3.15. The molecule has 5 heteroatoms. The first kappa shape index (κ1) is 12.2. The van der Waals surface area contributed by atoms with Crippen LogP contribution in [0.2, 0.25) is 0 Å². The minimum absolute atomic E-state index is 0.659. The van der Waals surface area contributed by atoms with Crippen molar-refractivity contribution >= 4 is 0 Å². The molecule has 3 aromatic rings. The number of hydrogen-bond donors (Lipinski definition) is 1. The Balaban J connectivity index is 1.71. The zero-order valence-electron chi connectivity index (χ0n) is 11.8. The number of H-pyrrole nitrogens is 1. The van der Waals surface area contributed by atoms with Crippen molar-refractivity contribution in [1.29, 1.82) is 0 Å². The Labute approximate surface area is 122 Å². The SMILES string of the molecule is COc1ccc(-c2ccnn2-c2cc(C3CC3)[nH]n2)cc1. The van der Waals surface area contributed by atoms with E-state index in [1.54, 1.807) is 13.3 Å². The van der Waals surface area contributed by atoms with E-state index < -0.39 is 0 Å². The third kappa shape index (κ3) is 2.20. The lowest BCUT2D eigenvalue weighted by Crippen LogP contribution is -1.99. The van der Waals surface area contributed by atoms with Gasteiger partial charge in [0.05, 0.1) is 19.0 Å². The first-order valence-electron chi connectivity index (χ1n) is 7.09. The summed E-state index contributed by atoms with van der Waals surface area (Å²) in [6, 6.07) is 12.0. The van der Waals surface area contributed by atoms with E-state index in [9.17, 15) is 0 Å². The van der Waals surface area contributed by atoms with Crippen molar-refractivity contribution in [3.8, 4) is 22.8 Å². The van der Waals surface area contributed by atoms with Crippen LogP contribution < -0.4 is 4.74 Å². The summed E-state index contributed by atoms with van der Waals surface area (Å²) in [5, 5.41) is 11.9. The van der Waals surface area contributed by atoms with Gasteiger partial charge in [-0.05, 0) is 43.2 Å². The molecular formula is C16H16N4O. The molecule has 0 aliphatic heterocycles. The lowest BCUT2D eigenvalue weighted by Gasteiger charge is -2.05. The van der Waals surface area contributed by atoms with Gasteiger partial charge in [0.25, 0.3) is 0 Å². The summed E-state index contributed by atoms with van der Waals surface area (Å²) in [5.74, 6) is 2.35. The van der Waals surface area contributed by atoms with Crippen LogP contribution in [0.1, 0.15) is 24.5 Å². The standard InChI is InChI=1S/C16H16N4O/c1-21-13-6-4-12(5-7-13)15-8-9-17-20(15)16-10-14(18-19-16)11-2-3-11/h4-11H,2-3H2,1H3,(H,18,19). The molecule has 1 N–H and O–H groups in total. The molecule has 1 fully saturated rings. The van der Waals surface area contributed by atoms with Crippen LogP contribution in [0.4, 0.5) is 0 Å². The molecule has 1 aromatic carbocycles. The lowest BCUT2D eigenvalue weighted by molar-refractivity contribution is 0.415. The molecule has 0 atom stereocenters. The summed E-state index contributed by atoms with van der Waals surface area (Å²) < 4.78 is 7.06. The van der Waals surface area contributed by atoms with E-state index in [0.29, 0.717) is 5.92 Å². The zero-order valence-corrected chi connectivity index (χ0v) is 11.8. The summed E-state index contributed by atoms with van der Waals surface area (Å²) in [4.78, 5) is 0. The van der Waals surface area contributed by atoms with Crippen molar-refractivity contribution in [3.05, 3.63) is 48.3 Å². The van der Waals surface area contributed by atoms with Gasteiger partial charge >= 0.3 is 0 Å². The number of nitrogens with zero attached hydrogens (tertiary/aromatic N) is 3. The third-order valence-electron chi connectivity index (χ3n) is 3.85. The van der Waals surface area contributed by atoms with Gasteiger partial charge in [-0.1, -0.05) is 0 Å². The fourth-order valence-corrected chi connectivity index (χ4v) is 2.50. The number of aromatic nitrogens is 4. The van der Waals surface area contributed by atoms with Gasteiger partial charge in [-0.25, -0.2) is 4.68 Å². The van der Waals surface area contributed by atoms with Crippen molar-refractivity contribution in [1.82, 2.24) is 20.0 Å². The summed E-state index contributed by atoms with van der Waals surface area (Å²) in [6.07, 6.45) is 4.31. The molecular weight excluding hydrogens is 264 g/mol. The van der Waals surface area contributed by atoms with Crippen LogP contribution in [-0.2, 0) is 0 Å². The molecule has 106 valence electrons. The molecule has 21 heavy (non-hydrogen) atoms. The molecule has 2 aromatic heterocycles. The van der Waals surface area contributed by atoms with Crippen molar-refractivity contribution in [2.45, 2.75) is 18.8 Å². The predicted molar refractivity (Wildman–Crippen MR) is 79.7 cm³/mol. The van der Waals surface area contributed by atoms with Crippen LogP contribution >= 0.6 is 0 Å². The van der Waals surface area contributed by atoms with Gasteiger partial charge in [-0.3, -0.25) is 5.10 Å². The molecule has 2 heterocycles. The van der Waals surface area contributed by atoms with Crippen LogP contribution in [0.25, 0.3) is 17.1 Å². The zero-order chi connectivity index (χ0) is 14.2. The molecule has 0 unspecified atom stereocenters. The maximum absolute atomic E-state index is 5.20. The van der Waals surface area contributed by atoms with E-state index in [-0.39, 0.29) is 0 Å². The number of hydrogen-bond acceptors (Lipinski definition) is 3. The maximum Gasteiger partial charge on any atom is 0.175 e. The quantitative estimate of drug-likeness (QED) is 0.798. The molecule has 0 bridgehead atoms. The Hall–Kier alpha value is -2.56. The Kier molecular flexibility index (Phi) is 2.77. The molecule has 0 spiro atoms. The van der Waals surface area contributed by atoms with Crippen molar-refractivity contribution in [2.24, 2.45) is 0 Å². The monoisotopic (exact) mass is 280 g/mol. The van der Waals surface area contributed by atoms with Crippen molar-refractivity contribution in [3.63, 3.8) is 0 Å². The number of nitrogens with one attached hydrogen (secondary N) is 1. The Morgan fingerprint density at radius 1 is 1.19 bits per heavy atom. The first-order valence-corrected chi connectivity index (χ1v) is 7.09. The highest BCUT2D eigenvalue weighted by Crippen LogP contribution is 2.39. The molecule has 5 nitrogen and oxygen atoms in total. The van der Waals surface area contributed by atoms with Crippen molar-refractivity contribution in [2.75, 3.05) is 7.11 Å². The van der Waals surface area contributed by atoms with E-state index in [2.05, 4.69) is 21.4 Å². The summed E-state index contributed by atoms with van der Waals surface area (Å²) in [6.45, 7) is 0. The van der Waals surface area contributed by atoms with Gasteiger partial charge in [-0.2, -0.15) is 10.2 Å². The molecule has 0 radical (unpaired) electrons. The average Bonchev–Trinajstić information content (AvgIpc) is 3.07. The lowest BCUT2D eigenvalue weighted by atomic mass is 10.1. The Morgan fingerprint density at radius 2 is 2.00 bits per heavy atom. The van der Waals surface area contributed by atoms with E-state index in [1.165, 1.54) is 18.5 Å². The number of methoxy groups -OCH3 is 1. The highest BCUT2D eigenvalue weighted by atomic mass is 16.5. The Morgan fingerprint density at radius 3 is 2.71 bits per heavy atom. The Bertz CT molecular complexity index is 753. The van der Waals surface area contributed by atoms with Gasteiger partial charge in [0.2, 0.25) is 0 Å². The molecule has 1 aliphatic rings. The van der Waals surface area contributed by atoms with Gasteiger partial charge in [0.1, 0.15) is 5.75 Å². The number of rotatable bonds is 4. The summed E-state index contributed by atoms with van der Waals surface area (Å²) in [5.41, 5.74) is 3.32. The molecule has 0 amide bonds. The third-order valence-corrected chi connectivity index (χ3v) is 3.85. The first-order chi connectivity index (χ1) is 10.3. The van der Waals surface area contributed by atoms with Crippen LogP contribution in [0, 0.1) is 0 Å². The van der Waals surface area contributed by atoms with Gasteiger partial charge < -0.3 is 4.74 Å². The number of aromatic amines is 1. The van der Waals surface area contributed by atoms with Crippen LogP contribution in [0.5, 0.6) is 5.75 Å². The second-order valence-electron chi connectivity index (χ2n) is 5.31. The number of ether oxygens (including phenoxy) is 1. The van der Waals surface area contributed by atoms with Crippen molar-refractivity contribution < 1.29 is 4.74 Å².